The highest BCUT2D eigenvalue weighted by molar-refractivity contribution is 7.92. The number of hydrogen-bond acceptors (Lipinski definition) is 6. The molecule has 3 N–H and O–H groups in total. The van der Waals surface area contributed by atoms with Gasteiger partial charge in [-0.3, -0.25) is 14.3 Å². The van der Waals surface area contributed by atoms with Gasteiger partial charge in [0.2, 0.25) is 21.8 Å². The first-order chi connectivity index (χ1) is 14.5. The molecule has 0 bridgehead atoms. The molecule has 0 aliphatic heterocycles. The minimum atomic E-state index is -3.62. The number of amides is 2. The van der Waals surface area contributed by atoms with Crippen molar-refractivity contribution < 1.29 is 22.4 Å². The molecule has 1 heterocycles. The van der Waals surface area contributed by atoms with Gasteiger partial charge >= 0.3 is 0 Å². The maximum Gasteiger partial charge on any atom is 0.257 e. The Balaban J connectivity index is 1.93. The second-order valence-corrected chi connectivity index (χ2v) is 8.76. The summed E-state index contributed by atoms with van der Waals surface area (Å²) in [6.45, 7) is 4.99. The number of oxazole rings is 1. The third kappa shape index (κ3) is 5.70. The van der Waals surface area contributed by atoms with Gasteiger partial charge in [-0.25, -0.2) is 13.4 Å². The van der Waals surface area contributed by atoms with Crippen LogP contribution in [0.1, 0.15) is 28.7 Å². The molecule has 2 aromatic carbocycles. The average Bonchev–Trinajstić information content (AvgIpc) is 3.00. The van der Waals surface area contributed by atoms with Gasteiger partial charge in [0.1, 0.15) is 5.76 Å². The molecule has 162 valence electrons. The largest absolute Gasteiger partial charge is 0.441 e. The lowest BCUT2D eigenvalue weighted by Crippen LogP contribution is -2.18. The van der Waals surface area contributed by atoms with E-state index in [1.807, 2.05) is 13.8 Å². The van der Waals surface area contributed by atoms with Crippen molar-refractivity contribution in [2.24, 2.45) is 0 Å². The summed E-state index contributed by atoms with van der Waals surface area (Å²) in [5, 5.41) is 5.32. The highest BCUT2D eigenvalue weighted by Gasteiger charge is 2.17. The summed E-state index contributed by atoms with van der Waals surface area (Å²) in [5.74, 6) is 0.253. The van der Waals surface area contributed by atoms with Crippen LogP contribution in [0.4, 0.5) is 17.1 Å². The maximum absolute atomic E-state index is 13.0. The lowest BCUT2D eigenvalue weighted by Gasteiger charge is -2.13. The van der Waals surface area contributed by atoms with Crippen molar-refractivity contribution >= 4 is 38.9 Å². The molecule has 0 fully saturated rings. The van der Waals surface area contributed by atoms with Gasteiger partial charge in [-0.1, -0.05) is 6.07 Å². The Kier molecular flexibility index (Phi) is 6.11. The Bertz CT molecular complexity index is 1250. The first-order valence-electron chi connectivity index (χ1n) is 9.27. The number of carbonyl (C=O) groups is 2. The molecule has 2 amide bonds. The van der Waals surface area contributed by atoms with Gasteiger partial charge in [0, 0.05) is 23.9 Å². The molecule has 0 spiro atoms. The number of hydrogen-bond donors (Lipinski definition) is 3. The number of carbonyl (C=O) groups excluding carboxylic acids is 2. The van der Waals surface area contributed by atoms with Crippen molar-refractivity contribution in [1.29, 1.82) is 0 Å². The third-order valence-corrected chi connectivity index (χ3v) is 4.87. The second-order valence-electron chi connectivity index (χ2n) is 7.01. The Hall–Kier alpha value is -3.66. The number of aryl methyl sites for hydroxylation is 2. The highest BCUT2D eigenvalue weighted by atomic mass is 32.2. The van der Waals surface area contributed by atoms with Crippen LogP contribution in [0.25, 0.3) is 11.5 Å². The molecule has 9 nitrogen and oxygen atoms in total. The minimum absolute atomic E-state index is 0.0462. The van der Waals surface area contributed by atoms with Crippen molar-refractivity contribution in [3.8, 4) is 11.5 Å². The summed E-state index contributed by atoms with van der Waals surface area (Å²) >= 11 is 0. The van der Waals surface area contributed by atoms with Crippen molar-refractivity contribution in [2.45, 2.75) is 20.8 Å². The van der Waals surface area contributed by atoms with Gasteiger partial charge in [-0.2, -0.15) is 0 Å². The Morgan fingerprint density at radius 2 is 1.71 bits per heavy atom. The lowest BCUT2D eigenvalue weighted by atomic mass is 10.1. The quantitative estimate of drug-likeness (QED) is 0.535. The number of anilines is 3. The molecule has 0 aliphatic rings. The molecule has 10 heteroatoms. The summed E-state index contributed by atoms with van der Waals surface area (Å²) < 4.78 is 31.3. The van der Waals surface area contributed by atoms with Gasteiger partial charge in [0.05, 0.1) is 23.2 Å². The summed E-state index contributed by atoms with van der Waals surface area (Å²) in [6.07, 6.45) is 0.986. The zero-order valence-electron chi connectivity index (χ0n) is 17.4. The van der Waals surface area contributed by atoms with Crippen LogP contribution in [0, 0.1) is 13.8 Å². The molecule has 3 aromatic rings. The van der Waals surface area contributed by atoms with E-state index in [1.54, 1.807) is 24.3 Å². The fourth-order valence-electron chi connectivity index (χ4n) is 2.83. The molecular formula is C21H22N4O5S. The van der Waals surface area contributed by atoms with Crippen LogP contribution in [0.15, 0.2) is 46.9 Å². The minimum Gasteiger partial charge on any atom is -0.441 e. The molecule has 31 heavy (non-hydrogen) atoms. The Labute approximate surface area is 179 Å². The maximum atomic E-state index is 13.0. The van der Waals surface area contributed by atoms with E-state index < -0.39 is 15.9 Å². The van der Waals surface area contributed by atoms with Crippen LogP contribution in [-0.2, 0) is 14.8 Å². The van der Waals surface area contributed by atoms with Crippen molar-refractivity contribution in [1.82, 2.24) is 4.98 Å². The van der Waals surface area contributed by atoms with Crippen LogP contribution in [0.2, 0.25) is 0 Å². The summed E-state index contributed by atoms with van der Waals surface area (Å²) in [5.41, 5.74) is 2.41. The standard InChI is InChI=1S/C21H22N4O5S/c1-12-13(2)30-21(22-12)15-6-5-7-16(10-15)24-20(27)18-11-17(23-14(3)26)8-9-19(18)25-31(4,28)29/h5-11,25H,1-4H3,(H,23,26)(H,24,27). The zero-order valence-corrected chi connectivity index (χ0v) is 18.3. The van der Waals surface area contributed by atoms with E-state index in [4.69, 9.17) is 4.42 Å². The predicted octanol–water partition coefficient (Wildman–Crippen LogP) is 3.54. The van der Waals surface area contributed by atoms with Gasteiger partial charge in [0.15, 0.2) is 0 Å². The predicted molar refractivity (Wildman–Crippen MR) is 119 cm³/mol. The number of nitrogens with one attached hydrogen (secondary N) is 3. The molecule has 0 aliphatic carbocycles. The smallest absolute Gasteiger partial charge is 0.257 e. The molecule has 0 saturated carbocycles. The molecular weight excluding hydrogens is 420 g/mol. The first kappa shape index (κ1) is 22.0. The van der Waals surface area contributed by atoms with Crippen molar-refractivity contribution in [2.75, 3.05) is 21.6 Å². The second kappa shape index (κ2) is 8.60. The average molecular weight is 442 g/mol. The number of sulfonamides is 1. The van der Waals surface area contributed by atoms with E-state index in [0.717, 1.165) is 11.9 Å². The molecule has 0 atom stereocenters. The van der Waals surface area contributed by atoms with Crippen molar-refractivity contribution in [3.63, 3.8) is 0 Å². The van der Waals surface area contributed by atoms with E-state index in [-0.39, 0.29) is 17.2 Å². The highest BCUT2D eigenvalue weighted by Crippen LogP contribution is 2.26. The number of benzene rings is 2. The van der Waals surface area contributed by atoms with E-state index in [9.17, 15) is 18.0 Å². The monoisotopic (exact) mass is 442 g/mol. The molecule has 0 unspecified atom stereocenters. The third-order valence-electron chi connectivity index (χ3n) is 4.28. The molecule has 3 rings (SSSR count). The van der Waals surface area contributed by atoms with Gasteiger partial charge < -0.3 is 15.1 Å². The Morgan fingerprint density at radius 1 is 1.00 bits per heavy atom. The Morgan fingerprint density at radius 3 is 2.32 bits per heavy atom. The molecule has 1 aromatic heterocycles. The van der Waals surface area contributed by atoms with Crippen LogP contribution < -0.4 is 15.4 Å². The summed E-state index contributed by atoms with van der Waals surface area (Å²) in [6, 6.07) is 11.2. The van der Waals surface area contributed by atoms with E-state index in [2.05, 4.69) is 20.3 Å². The summed E-state index contributed by atoms with van der Waals surface area (Å²) in [7, 11) is -3.62. The topological polar surface area (TPSA) is 130 Å². The number of nitrogens with zero attached hydrogens (tertiary/aromatic N) is 1. The van der Waals surface area contributed by atoms with Gasteiger partial charge in [-0.05, 0) is 50.2 Å². The van der Waals surface area contributed by atoms with Crippen LogP contribution in [0.3, 0.4) is 0 Å². The van der Waals surface area contributed by atoms with Crippen LogP contribution >= 0.6 is 0 Å². The van der Waals surface area contributed by atoms with Crippen molar-refractivity contribution in [3.05, 3.63) is 59.5 Å². The van der Waals surface area contributed by atoms with Crippen LogP contribution in [-0.4, -0.2) is 31.5 Å². The first-order valence-corrected chi connectivity index (χ1v) is 11.2. The molecule has 0 saturated heterocycles. The summed E-state index contributed by atoms with van der Waals surface area (Å²) in [4.78, 5) is 28.7. The normalized spacial score (nSPS) is 11.1. The zero-order chi connectivity index (χ0) is 22.8. The fraction of sp³-hybridized carbons (Fsp3) is 0.190. The van der Waals surface area contributed by atoms with E-state index in [1.165, 1.54) is 25.1 Å². The SMILES string of the molecule is CC(=O)Nc1ccc(NS(C)(=O)=O)c(C(=O)Nc2cccc(-c3nc(C)c(C)o3)c2)c1. The fourth-order valence-corrected chi connectivity index (χ4v) is 3.40. The van der Waals surface area contributed by atoms with Gasteiger partial charge in [0.25, 0.3) is 5.91 Å². The van der Waals surface area contributed by atoms with E-state index in [0.29, 0.717) is 28.6 Å². The number of rotatable bonds is 6. The number of aromatic nitrogens is 1. The van der Waals surface area contributed by atoms with E-state index >= 15 is 0 Å². The lowest BCUT2D eigenvalue weighted by molar-refractivity contribution is -0.114. The molecule has 0 radical (unpaired) electrons. The van der Waals surface area contributed by atoms with Gasteiger partial charge in [-0.15, -0.1) is 0 Å². The van der Waals surface area contributed by atoms with Crippen LogP contribution in [0.5, 0.6) is 0 Å².